The Bertz CT molecular complexity index is 1020. The fraction of sp³-hybridized carbons (Fsp3) is 0.348. The van der Waals surface area contributed by atoms with E-state index in [1.54, 1.807) is 7.11 Å². The molecule has 0 spiro atoms. The van der Waals surface area contributed by atoms with Crippen LogP contribution in [0.2, 0.25) is 0 Å². The van der Waals surface area contributed by atoms with Gasteiger partial charge in [-0.25, -0.2) is 0 Å². The van der Waals surface area contributed by atoms with Crippen LogP contribution in [-0.4, -0.2) is 41.2 Å². The van der Waals surface area contributed by atoms with E-state index in [-0.39, 0.29) is 17.9 Å². The quantitative estimate of drug-likeness (QED) is 0.584. The summed E-state index contributed by atoms with van der Waals surface area (Å²) in [5, 5.41) is 4.14. The van der Waals surface area contributed by atoms with Gasteiger partial charge in [-0.05, 0) is 43.7 Å². The van der Waals surface area contributed by atoms with Crippen LogP contribution in [0.1, 0.15) is 43.7 Å². The molecule has 4 rings (SSSR count). The SMILES string of the molecule is CCOc1ccccc1-c1noc(C2CC(=O)N(C(C)c3ccc(OC)cc3)C2)n1. The summed E-state index contributed by atoms with van der Waals surface area (Å²) >= 11 is 0. The van der Waals surface area contributed by atoms with Gasteiger partial charge in [0.05, 0.1) is 31.2 Å². The van der Waals surface area contributed by atoms with Crippen molar-refractivity contribution in [3.8, 4) is 22.9 Å². The lowest BCUT2D eigenvalue weighted by Gasteiger charge is -2.25. The first-order chi connectivity index (χ1) is 14.6. The third kappa shape index (κ3) is 3.87. The lowest BCUT2D eigenvalue weighted by molar-refractivity contribution is -0.129. The maximum Gasteiger partial charge on any atom is 0.232 e. The second-order valence-electron chi connectivity index (χ2n) is 7.28. The number of rotatable bonds is 7. The Hall–Kier alpha value is -3.35. The molecule has 7 nitrogen and oxygen atoms in total. The Labute approximate surface area is 175 Å². The van der Waals surface area contributed by atoms with E-state index >= 15 is 0 Å². The topological polar surface area (TPSA) is 77.7 Å². The zero-order chi connectivity index (χ0) is 21.1. The van der Waals surface area contributed by atoms with Crippen molar-refractivity contribution in [2.75, 3.05) is 20.3 Å². The van der Waals surface area contributed by atoms with E-state index < -0.39 is 0 Å². The largest absolute Gasteiger partial charge is 0.497 e. The molecule has 30 heavy (non-hydrogen) atoms. The highest BCUT2D eigenvalue weighted by atomic mass is 16.5. The number of ether oxygens (including phenoxy) is 2. The lowest BCUT2D eigenvalue weighted by atomic mass is 10.1. The number of carbonyl (C=O) groups excluding carboxylic acids is 1. The first kappa shape index (κ1) is 19.9. The number of benzene rings is 2. The van der Waals surface area contributed by atoms with Gasteiger partial charge in [0.2, 0.25) is 17.6 Å². The molecule has 7 heteroatoms. The minimum Gasteiger partial charge on any atom is -0.497 e. The minimum atomic E-state index is -0.126. The number of aromatic nitrogens is 2. The zero-order valence-corrected chi connectivity index (χ0v) is 17.4. The highest BCUT2D eigenvalue weighted by molar-refractivity contribution is 5.80. The van der Waals surface area contributed by atoms with E-state index in [1.807, 2.05) is 67.3 Å². The Morgan fingerprint density at radius 2 is 1.97 bits per heavy atom. The van der Waals surface area contributed by atoms with Crippen LogP contribution >= 0.6 is 0 Å². The number of hydrogen-bond donors (Lipinski definition) is 0. The van der Waals surface area contributed by atoms with Crippen molar-refractivity contribution in [2.45, 2.75) is 32.2 Å². The van der Waals surface area contributed by atoms with E-state index in [9.17, 15) is 4.79 Å². The van der Waals surface area contributed by atoms with Gasteiger partial charge in [-0.3, -0.25) is 4.79 Å². The molecule has 1 aliphatic rings. The molecular weight excluding hydrogens is 382 g/mol. The molecule has 0 aliphatic carbocycles. The monoisotopic (exact) mass is 407 g/mol. The van der Waals surface area contributed by atoms with Crippen LogP contribution in [0.15, 0.2) is 53.1 Å². The Balaban J connectivity index is 1.51. The molecule has 2 unspecified atom stereocenters. The molecule has 1 saturated heterocycles. The number of hydrogen-bond acceptors (Lipinski definition) is 6. The zero-order valence-electron chi connectivity index (χ0n) is 17.4. The Morgan fingerprint density at radius 1 is 1.20 bits per heavy atom. The summed E-state index contributed by atoms with van der Waals surface area (Å²) in [5.41, 5.74) is 1.84. The second kappa shape index (κ2) is 8.57. The molecule has 0 radical (unpaired) electrons. The first-order valence-corrected chi connectivity index (χ1v) is 10.1. The van der Waals surface area contributed by atoms with E-state index in [0.717, 1.165) is 16.9 Å². The first-order valence-electron chi connectivity index (χ1n) is 10.1. The predicted molar refractivity (Wildman–Crippen MR) is 111 cm³/mol. The van der Waals surface area contributed by atoms with Gasteiger partial charge in [-0.15, -0.1) is 0 Å². The average molecular weight is 407 g/mol. The summed E-state index contributed by atoms with van der Waals surface area (Å²) in [4.78, 5) is 19.1. The van der Waals surface area contributed by atoms with Crippen LogP contribution in [0, 0.1) is 0 Å². The third-order valence-electron chi connectivity index (χ3n) is 5.44. The number of para-hydroxylation sites is 1. The Morgan fingerprint density at radius 3 is 2.70 bits per heavy atom. The molecular formula is C23H25N3O4. The second-order valence-corrected chi connectivity index (χ2v) is 7.28. The van der Waals surface area contributed by atoms with Gasteiger partial charge < -0.3 is 18.9 Å². The van der Waals surface area contributed by atoms with Gasteiger partial charge in [-0.1, -0.05) is 29.4 Å². The van der Waals surface area contributed by atoms with E-state index in [2.05, 4.69) is 10.1 Å². The summed E-state index contributed by atoms with van der Waals surface area (Å²) in [7, 11) is 1.64. The van der Waals surface area contributed by atoms with Gasteiger partial charge in [0.1, 0.15) is 11.5 Å². The number of methoxy groups -OCH3 is 1. The molecule has 2 aromatic carbocycles. The summed E-state index contributed by atoms with van der Waals surface area (Å²) in [5.74, 6) is 2.42. The highest BCUT2D eigenvalue weighted by Crippen LogP contribution is 2.35. The number of likely N-dealkylation sites (tertiary alicyclic amines) is 1. The van der Waals surface area contributed by atoms with E-state index in [4.69, 9.17) is 14.0 Å². The van der Waals surface area contributed by atoms with E-state index in [1.165, 1.54) is 0 Å². The van der Waals surface area contributed by atoms with Crippen molar-refractivity contribution in [2.24, 2.45) is 0 Å². The van der Waals surface area contributed by atoms with Crippen LogP contribution in [-0.2, 0) is 4.79 Å². The minimum absolute atomic E-state index is 0.0468. The fourth-order valence-corrected chi connectivity index (χ4v) is 3.78. The van der Waals surface area contributed by atoms with Crippen molar-refractivity contribution in [1.29, 1.82) is 0 Å². The van der Waals surface area contributed by atoms with Crippen molar-refractivity contribution in [3.05, 3.63) is 60.0 Å². The van der Waals surface area contributed by atoms with Gasteiger partial charge in [0.25, 0.3) is 0 Å². The standard InChI is InChI=1S/C23H25N3O4/c1-4-29-20-8-6-5-7-19(20)22-24-23(30-25-22)17-13-21(27)26(14-17)15(2)16-9-11-18(28-3)12-10-16/h5-12,15,17H,4,13-14H2,1-3H3. The van der Waals surface area contributed by atoms with Crippen LogP contribution in [0.5, 0.6) is 11.5 Å². The molecule has 1 aliphatic heterocycles. The summed E-state index contributed by atoms with van der Waals surface area (Å²) < 4.78 is 16.4. The lowest BCUT2D eigenvalue weighted by Crippen LogP contribution is -2.28. The van der Waals surface area contributed by atoms with Crippen molar-refractivity contribution in [1.82, 2.24) is 15.0 Å². The van der Waals surface area contributed by atoms with Gasteiger partial charge >= 0.3 is 0 Å². The van der Waals surface area contributed by atoms with Crippen molar-refractivity contribution < 1.29 is 18.8 Å². The molecule has 2 heterocycles. The van der Waals surface area contributed by atoms with Gasteiger partial charge in [-0.2, -0.15) is 4.98 Å². The Kier molecular flexibility index (Phi) is 5.70. The van der Waals surface area contributed by atoms with Crippen molar-refractivity contribution in [3.63, 3.8) is 0 Å². The van der Waals surface area contributed by atoms with Crippen LogP contribution in [0.3, 0.4) is 0 Å². The van der Waals surface area contributed by atoms with Crippen LogP contribution < -0.4 is 9.47 Å². The molecule has 0 N–H and O–H groups in total. The summed E-state index contributed by atoms with van der Waals surface area (Å²) in [6.45, 7) is 5.05. The average Bonchev–Trinajstić information content (AvgIpc) is 3.41. The summed E-state index contributed by atoms with van der Waals surface area (Å²) in [6.07, 6.45) is 0.356. The number of amides is 1. The smallest absolute Gasteiger partial charge is 0.232 e. The normalized spacial score (nSPS) is 17.2. The summed E-state index contributed by atoms with van der Waals surface area (Å²) in [6, 6.07) is 15.3. The highest BCUT2D eigenvalue weighted by Gasteiger charge is 2.37. The molecule has 3 aromatic rings. The molecule has 1 amide bonds. The molecule has 2 atom stereocenters. The molecule has 1 aromatic heterocycles. The molecule has 156 valence electrons. The fourth-order valence-electron chi connectivity index (χ4n) is 3.78. The number of nitrogens with zero attached hydrogens (tertiary/aromatic N) is 3. The van der Waals surface area contributed by atoms with Gasteiger partial charge in [0, 0.05) is 13.0 Å². The maximum absolute atomic E-state index is 12.7. The molecule has 0 bridgehead atoms. The van der Waals surface area contributed by atoms with Crippen LogP contribution in [0.25, 0.3) is 11.4 Å². The molecule has 0 saturated carbocycles. The number of carbonyl (C=O) groups is 1. The van der Waals surface area contributed by atoms with E-state index in [0.29, 0.717) is 37.0 Å². The third-order valence-corrected chi connectivity index (χ3v) is 5.44. The van der Waals surface area contributed by atoms with Crippen molar-refractivity contribution >= 4 is 5.91 Å². The predicted octanol–water partition coefficient (Wildman–Crippen LogP) is 4.22. The maximum atomic E-state index is 12.7. The van der Waals surface area contributed by atoms with Crippen LogP contribution in [0.4, 0.5) is 0 Å². The van der Waals surface area contributed by atoms with Gasteiger partial charge in [0.15, 0.2) is 0 Å². The molecule has 1 fully saturated rings.